The lowest BCUT2D eigenvalue weighted by Gasteiger charge is -2.24. The summed E-state index contributed by atoms with van der Waals surface area (Å²) in [5, 5.41) is 13.9. The highest BCUT2D eigenvalue weighted by atomic mass is 32.1. The number of nitrogens with zero attached hydrogens (tertiary/aromatic N) is 4. The Morgan fingerprint density at radius 1 is 1.48 bits per heavy atom. The maximum absolute atomic E-state index is 12.7. The van der Waals surface area contributed by atoms with Crippen molar-refractivity contribution in [1.29, 1.82) is 0 Å². The predicted molar refractivity (Wildman–Crippen MR) is 86.9 cm³/mol. The van der Waals surface area contributed by atoms with Gasteiger partial charge < -0.3 is 10.0 Å². The van der Waals surface area contributed by atoms with Gasteiger partial charge in [0, 0.05) is 25.0 Å². The summed E-state index contributed by atoms with van der Waals surface area (Å²) >= 11 is 1.60. The van der Waals surface area contributed by atoms with Gasteiger partial charge in [0.1, 0.15) is 5.69 Å². The number of aromatic carboxylic acids is 1. The first-order valence-corrected chi connectivity index (χ1v) is 8.08. The Kier molecular flexibility index (Phi) is 4.84. The number of hydrogen-bond acceptors (Lipinski definition) is 5. The monoisotopic (exact) mass is 336 g/mol. The van der Waals surface area contributed by atoms with E-state index in [1.54, 1.807) is 30.3 Å². The van der Waals surface area contributed by atoms with Crippen LogP contribution in [0.5, 0.6) is 0 Å². The van der Waals surface area contributed by atoms with Crippen molar-refractivity contribution in [2.75, 3.05) is 7.05 Å². The molecule has 0 aliphatic carbocycles. The summed E-state index contributed by atoms with van der Waals surface area (Å²) in [6, 6.07) is 1.15. The van der Waals surface area contributed by atoms with Crippen LogP contribution in [0.3, 0.4) is 0 Å². The Bertz CT molecular complexity index is 750. The zero-order valence-electron chi connectivity index (χ0n) is 13.8. The molecule has 0 aliphatic heterocycles. The molecule has 2 heterocycles. The molecule has 0 spiro atoms. The molecule has 0 bridgehead atoms. The number of amides is 1. The van der Waals surface area contributed by atoms with Crippen LogP contribution in [0.1, 0.15) is 56.4 Å². The summed E-state index contributed by atoms with van der Waals surface area (Å²) in [6.45, 7) is 5.92. The Labute approximate surface area is 138 Å². The largest absolute Gasteiger partial charge is 0.476 e. The van der Waals surface area contributed by atoms with Crippen molar-refractivity contribution in [2.24, 2.45) is 7.05 Å². The molecule has 2 rings (SSSR count). The molecule has 1 amide bonds. The minimum atomic E-state index is -1.15. The van der Waals surface area contributed by atoms with E-state index in [2.05, 4.69) is 10.1 Å². The second-order valence-electron chi connectivity index (χ2n) is 5.35. The zero-order chi connectivity index (χ0) is 17.3. The number of thiazole rings is 1. The van der Waals surface area contributed by atoms with E-state index in [4.69, 9.17) is 5.11 Å². The van der Waals surface area contributed by atoms with Crippen LogP contribution in [-0.4, -0.2) is 43.7 Å². The van der Waals surface area contributed by atoms with E-state index in [9.17, 15) is 9.59 Å². The van der Waals surface area contributed by atoms with Crippen LogP contribution in [0.2, 0.25) is 0 Å². The van der Waals surface area contributed by atoms with Gasteiger partial charge in [-0.25, -0.2) is 9.78 Å². The number of carboxylic acids is 1. The molecule has 2 aromatic rings. The molecule has 0 saturated heterocycles. The number of carboxylic acid groups (broad SMARTS) is 1. The minimum Gasteiger partial charge on any atom is -0.476 e. The van der Waals surface area contributed by atoms with Crippen molar-refractivity contribution in [3.8, 4) is 0 Å². The molecule has 0 fully saturated rings. The van der Waals surface area contributed by atoms with Crippen molar-refractivity contribution < 1.29 is 14.7 Å². The highest BCUT2D eigenvalue weighted by Crippen LogP contribution is 2.29. The van der Waals surface area contributed by atoms with Gasteiger partial charge in [-0.05, 0) is 20.3 Å². The zero-order valence-corrected chi connectivity index (χ0v) is 14.6. The molecule has 0 aliphatic rings. The fourth-order valence-corrected chi connectivity index (χ4v) is 3.41. The average Bonchev–Trinajstić information content (AvgIpc) is 3.08. The molecular formula is C15H20N4O3S. The lowest BCUT2D eigenvalue weighted by Crippen LogP contribution is -2.31. The molecule has 0 saturated carbocycles. The third-order valence-corrected chi connectivity index (χ3v) is 5.25. The summed E-state index contributed by atoms with van der Waals surface area (Å²) < 4.78 is 1.30. The third-order valence-electron chi connectivity index (χ3n) is 3.78. The molecule has 8 heteroatoms. The molecule has 23 heavy (non-hydrogen) atoms. The molecule has 1 unspecified atom stereocenters. The molecule has 1 atom stereocenters. The summed E-state index contributed by atoms with van der Waals surface area (Å²) in [7, 11) is 3.26. The maximum Gasteiger partial charge on any atom is 0.356 e. The number of rotatable bonds is 5. The van der Waals surface area contributed by atoms with Crippen LogP contribution in [0.4, 0.5) is 0 Å². The van der Waals surface area contributed by atoms with Gasteiger partial charge in [-0.15, -0.1) is 11.3 Å². The number of carbonyl (C=O) groups excluding carboxylic acids is 1. The standard InChI is InChI=1S/C15H20N4O3S/c1-6-12-16-8(2)13(23-12)9(3)18(4)14(20)11-7-10(15(21)22)17-19(11)5/h7,9H,6H2,1-5H3,(H,21,22). The highest BCUT2D eigenvalue weighted by Gasteiger charge is 2.26. The van der Waals surface area contributed by atoms with Crippen molar-refractivity contribution >= 4 is 23.2 Å². The molecule has 0 aromatic carbocycles. The van der Waals surface area contributed by atoms with E-state index in [1.165, 1.54) is 10.7 Å². The Morgan fingerprint density at radius 2 is 2.13 bits per heavy atom. The van der Waals surface area contributed by atoms with E-state index in [1.807, 2.05) is 20.8 Å². The second-order valence-corrected chi connectivity index (χ2v) is 6.46. The van der Waals surface area contributed by atoms with Crippen molar-refractivity contribution in [1.82, 2.24) is 19.7 Å². The number of hydrogen-bond donors (Lipinski definition) is 1. The summed E-state index contributed by atoms with van der Waals surface area (Å²) in [5.41, 5.74) is 1.03. The van der Waals surface area contributed by atoms with Crippen molar-refractivity contribution in [3.05, 3.63) is 33.0 Å². The minimum absolute atomic E-state index is 0.140. The lowest BCUT2D eigenvalue weighted by molar-refractivity contribution is 0.0688. The molecule has 1 N–H and O–H groups in total. The van der Waals surface area contributed by atoms with E-state index in [-0.39, 0.29) is 23.3 Å². The fourth-order valence-electron chi connectivity index (χ4n) is 2.31. The van der Waals surface area contributed by atoms with Gasteiger partial charge >= 0.3 is 5.97 Å². The second kappa shape index (κ2) is 6.49. The SMILES string of the molecule is CCc1nc(C)c(C(C)N(C)C(=O)c2cc(C(=O)O)nn2C)s1. The Morgan fingerprint density at radius 3 is 2.61 bits per heavy atom. The third kappa shape index (κ3) is 3.26. The van der Waals surface area contributed by atoms with Crippen molar-refractivity contribution in [3.63, 3.8) is 0 Å². The summed E-state index contributed by atoms with van der Waals surface area (Å²) in [4.78, 5) is 30.8. The van der Waals surface area contributed by atoms with Crippen LogP contribution in [0, 0.1) is 6.92 Å². The highest BCUT2D eigenvalue weighted by molar-refractivity contribution is 7.11. The van der Waals surface area contributed by atoms with Crippen molar-refractivity contribution in [2.45, 2.75) is 33.2 Å². The van der Waals surface area contributed by atoms with Crippen LogP contribution in [-0.2, 0) is 13.5 Å². The molecule has 0 radical (unpaired) electrons. The van der Waals surface area contributed by atoms with Gasteiger partial charge in [0.2, 0.25) is 0 Å². The number of carbonyl (C=O) groups is 2. The van der Waals surface area contributed by atoms with Gasteiger partial charge in [0.15, 0.2) is 5.69 Å². The number of aryl methyl sites for hydroxylation is 3. The first-order chi connectivity index (χ1) is 10.8. The van der Waals surface area contributed by atoms with Crippen LogP contribution in [0.25, 0.3) is 0 Å². The Balaban J connectivity index is 2.28. The molecule has 7 nitrogen and oxygen atoms in total. The lowest BCUT2D eigenvalue weighted by atomic mass is 10.2. The Hall–Kier alpha value is -2.22. The van der Waals surface area contributed by atoms with Gasteiger partial charge in [-0.3, -0.25) is 9.48 Å². The first-order valence-electron chi connectivity index (χ1n) is 7.26. The van der Waals surface area contributed by atoms with E-state index < -0.39 is 5.97 Å². The van der Waals surface area contributed by atoms with Gasteiger partial charge in [0.25, 0.3) is 5.91 Å². The van der Waals surface area contributed by atoms with E-state index >= 15 is 0 Å². The fraction of sp³-hybridized carbons (Fsp3) is 0.467. The first kappa shape index (κ1) is 17.1. The van der Waals surface area contributed by atoms with Gasteiger partial charge in [-0.2, -0.15) is 5.10 Å². The topological polar surface area (TPSA) is 88.3 Å². The average molecular weight is 336 g/mol. The number of aromatic nitrogens is 3. The molecule has 2 aromatic heterocycles. The maximum atomic E-state index is 12.7. The molecule has 124 valence electrons. The van der Waals surface area contributed by atoms with Gasteiger partial charge in [0.05, 0.1) is 16.7 Å². The smallest absolute Gasteiger partial charge is 0.356 e. The summed E-state index contributed by atoms with van der Waals surface area (Å²) in [6.07, 6.45) is 0.861. The van der Waals surface area contributed by atoms with E-state index in [0.29, 0.717) is 0 Å². The van der Waals surface area contributed by atoms with E-state index in [0.717, 1.165) is 22.0 Å². The van der Waals surface area contributed by atoms with Crippen LogP contribution < -0.4 is 0 Å². The predicted octanol–water partition coefficient (Wildman–Crippen LogP) is 2.28. The van der Waals surface area contributed by atoms with Gasteiger partial charge in [-0.1, -0.05) is 6.92 Å². The molecular weight excluding hydrogens is 316 g/mol. The quantitative estimate of drug-likeness (QED) is 0.905. The normalized spacial score (nSPS) is 12.2. The summed E-state index contributed by atoms with van der Waals surface area (Å²) in [5.74, 6) is -1.42. The van der Waals surface area contributed by atoms with Crippen LogP contribution in [0.15, 0.2) is 6.07 Å². The van der Waals surface area contributed by atoms with Crippen LogP contribution >= 0.6 is 11.3 Å².